The van der Waals surface area contributed by atoms with Gasteiger partial charge in [0, 0.05) is 17.1 Å². The van der Waals surface area contributed by atoms with Crippen LogP contribution in [0.2, 0.25) is 0 Å². The molecule has 1 fully saturated rings. The van der Waals surface area contributed by atoms with Crippen molar-refractivity contribution in [3.05, 3.63) is 39.5 Å². The average Bonchev–Trinajstić information content (AvgIpc) is 3.40. The predicted molar refractivity (Wildman–Crippen MR) is 112 cm³/mol. The van der Waals surface area contributed by atoms with E-state index in [2.05, 4.69) is 4.37 Å². The molecule has 0 saturated heterocycles. The number of rotatable bonds is 5. The first-order valence-corrected chi connectivity index (χ1v) is 12.2. The first-order chi connectivity index (χ1) is 12.8. The molecule has 2 aliphatic rings. The Morgan fingerprint density at radius 2 is 1.81 bits per heavy atom. The van der Waals surface area contributed by atoms with E-state index in [1.54, 1.807) is 12.3 Å². The number of allylic oxidation sites excluding steroid dienone is 3. The molecule has 1 saturated carbocycles. The molecule has 0 aromatic carbocycles. The molecule has 152 valence electrons. The highest BCUT2D eigenvalue weighted by Crippen LogP contribution is 2.45. The Bertz CT molecular complexity index is 802. The first kappa shape index (κ1) is 23.6. The van der Waals surface area contributed by atoms with Crippen molar-refractivity contribution >= 4 is 27.2 Å². The van der Waals surface area contributed by atoms with Crippen LogP contribution in [0, 0.1) is 11.8 Å². The molecular weight excluding hydrogens is 382 g/mol. The molecule has 0 spiro atoms. The van der Waals surface area contributed by atoms with Gasteiger partial charge in [-0.2, -0.15) is 0 Å². The van der Waals surface area contributed by atoms with Crippen LogP contribution in [0.4, 0.5) is 0 Å². The van der Waals surface area contributed by atoms with Crippen LogP contribution >= 0.6 is 11.5 Å². The van der Waals surface area contributed by atoms with Crippen molar-refractivity contribution in [1.29, 1.82) is 0 Å². The first-order valence-electron chi connectivity index (χ1n) is 9.49. The Kier molecular flexibility index (Phi) is 8.88. The van der Waals surface area contributed by atoms with Crippen molar-refractivity contribution in [1.82, 2.24) is 4.37 Å². The number of nitrogens with zero attached hydrogens (tertiary/aromatic N) is 1. The number of methoxy groups -OCH3 is 1. The lowest BCUT2D eigenvalue weighted by Gasteiger charge is -2.26. The SMILES string of the molecule is CC.CC.COC1=C(S(C)(=O)=O)C=CC(C(=O)c2cnsc2C2CC2)C1C. The summed E-state index contributed by atoms with van der Waals surface area (Å²) in [5.41, 5.74) is 0.678. The van der Waals surface area contributed by atoms with Crippen LogP contribution in [-0.2, 0) is 14.6 Å². The number of hydrogen-bond acceptors (Lipinski definition) is 6. The van der Waals surface area contributed by atoms with Crippen molar-refractivity contribution in [2.24, 2.45) is 11.8 Å². The normalized spacial score (nSPS) is 21.6. The summed E-state index contributed by atoms with van der Waals surface area (Å²) >= 11 is 1.39. The fraction of sp³-hybridized carbons (Fsp3) is 0.600. The third kappa shape index (κ3) is 5.29. The van der Waals surface area contributed by atoms with Gasteiger partial charge in [-0.25, -0.2) is 12.8 Å². The Morgan fingerprint density at radius 1 is 1.22 bits per heavy atom. The molecule has 0 N–H and O–H groups in total. The molecule has 0 bridgehead atoms. The molecule has 1 heterocycles. The number of carbonyl (C=O) groups excluding carboxylic acids is 1. The molecule has 5 nitrogen and oxygen atoms in total. The molecule has 0 radical (unpaired) electrons. The van der Waals surface area contributed by atoms with Crippen LogP contribution in [0.15, 0.2) is 29.0 Å². The van der Waals surface area contributed by atoms with Crippen molar-refractivity contribution in [3.63, 3.8) is 0 Å². The van der Waals surface area contributed by atoms with Gasteiger partial charge in [0.25, 0.3) is 0 Å². The number of ether oxygens (including phenoxy) is 1. The number of Topliss-reactive ketones (excluding diaryl/α,β-unsaturated/α-hetero) is 1. The highest BCUT2D eigenvalue weighted by atomic mass is 32.2. The number of sulfone groups is 1. The van der Waals surface area contributed by atoms with Crippen molar-refractivity contribution in [3.8, 4) is 0 Å². The molecule has 3 rings (SSSR count). The van der Waals surface area contributed by atoms with Crippen LogP contribution in [0.5, 0.6) is 0 Å². The van der Waals surface area contributed by atoms with Gasteiger partial charge in [-0.15, -0.1) is 0 Å². The van der Waals surface area contributed by atoms with E-state index in [-0.39, 0.29) is 16.6 Å². The van der Waals surface area contributed by atoms with Crippen LogP contribution in [-0.4, -0.2) is 31.9 Å². The molecule has 0 amide bonds. The summed E-state index contributed by atoms with van der Waals surface area (Å²) in [6, 6.07) is 0. The second-order valence-corrected chi connectivity index (χ2v) is 8.94. The Balaban J connectivity index is 0.000000855. The summed E-state index contributed by atoms with van der Waals surface area (Å²) in [5, 5.41) is 0. The van der Waals surface area contributed by atoms with E-state index < -0.39 is 15.8 Å². The topological polar surface area (TPSA) is 73.3 Å². The van der Waals surface area contributed by atoms with Gasteiger partial charge >= 0.3 is 0 Å². The summed E-state index contributed by atoms with van der Waals surface area (Å²) in [6.45, 7) is 9.83. The smallest absolute Gasteiger partial charge is 0.178 e. The van der Waals surface area contributed by atoms with Gasteiger partial charge in [0.2, 0.25) is 0 Å². The van der Waals surface area contributed by atoms with Crippen LogP contribution in [0.1, 0.15) is 68.6 Å². The van der Waals surface area contributed by atoms with Gasteiger partial charge in [0.05, 0.1) is 24.8 Å². The molecule has 2 aliphatic carbocycles. The highest BCUT2D eigenvalue weighted by molar-refractivity contribution is 7.94. The van der Waals surface area contributed by atoms with E-state index in [0.717, 1.165) is 24.0 Å². The minimum Gasteiger partial charge on any atom is -0.499 e. The highest BCUT2D eigenvalue weighted by Gasteiger charge is 2.37. The van der Waals surface area contributed by atoms with E-state index in [9.17, 15) is 13.2 Å². The molecular formula is C20H31NO4S2. The largest absolute Gasteiger partial charge is 0.499 e. The monoisotopic (exact) mass is 413 g/mol. The second kappa shape index (κ2) is 10.2. The van der Waals surface area contributed by atoms with Crippen LogP contribution in [0.25, 0.3) is 0 Å². The number of hydrogen-bond donors (Lipinski definition) is 0. The maximum Gasteiger partial charge on any atom is 0.178 e. The Morgan fingerprint density at radius 3 is 2.30 bits per heavy atom. The standard InChI is InChI=1S/C16H19NO4S2.2C2H6/c1-9-11(6-7-13(15(9)21-2)23(3,19)20)14(18)12-8-17-22-16(12)10-4-5-10;2*1-2/h6-11H,4-5H2,1-3H3;2*1-2H3. The fourth-order valence-electron chi connectivity index (χ4n) is 2.99. The van der Waals surface area contributed by atoms with Gasteiger partial charge in [0.1, 0.15) is 10.7 Å². The zero-order valence-electron chi connectivity index (χ0n) is 17.3. The predicted octanol–water partition coefficient (Wildman–Crippen LogP) is 4.98. The molecule has 1 aromatic heterocycles. The minimum atomic E-state index is -3.39. The second-order valence-electron chi connectivity index (χ2n) is 6.12. The van der Waals surface area contributed by atoms with E-state index >= 15 is 0 Å². The summed E-state index contributed by atoms with van der Waals surface area (Å²) < 4.78 is 33.2. The molecule has 27 heavy (non-hydrogen) atoms. The quantitative estimate of drug-likeness (QED) is 0.637. The molecule has 1 aromatic rings. The Hall–Kier alpha value is -1.47. The Labute approximate surface area is 167 Å². The van der Waals surface area contributed by atoms with Crippen LogP contribution in [0.3, 0.4) is 0 Å². The van der Waals surface area contributed by atoms with Gasteiger partial charge < -0.3 is 4.74 Å². The van der Waals surface area contributed by atoms with Crippen LogP contribution < -0.4 is 0 Å². The van der Waals surface area contributed by atoms with Crippen molar-refractivity contribution < 1.29 is 17.9 Å². The van der Waals surface area contributed by atoms with E-state index in [1.807, 2.05) is 34.6 Å². The summed E-state index contributed by atoms with van der Waals surface area (Å²) in [6.07, 6.45) is 8.19. The average molecular weight is 414 g/mol. The molecule has 2 unspecified atom stereocenters. The van der Waals surface area contributed by atoms with Crippen molar-refractivity contribution in [2.75, 3.05) is 13.4 Å². The number of carbonyl (C=O) groups is 1. The third-order valence-electron chi connectivity index (χ3n) is 4.38. The maximum absolute atomic E-state index is 12.9. The van der Waals surface area contributed by atoms with Crippen molar-refractivity contribution in [2.45, 2.75) is 53.4 Å². The van der Waals surface area contributed by atoms with Gasteiger partial charge in [-0.3, -0.25) is 4.79 Å². The summed E-state index contributed by atoms with van der Waals surface area (Å²) in [5.74, 6) is 0.0582. The summed E-state index contributed by atoms with van der Waals surface area (Å²) in [7, 11) is -1.94. The number of aromatic nitrogens is 1. The number of ketones is 1. The minimum absolute atomic E-state index is 0.00787. The van der Waals surface area contributed by atoms with Gasteiger partial charge in [-0.1, -0.05) is 40.7 Å². The lowest BCUT2D eigenvalue weighted by atomic mass is 9.82. The molecule has 2 atom stereocenters. The lowest BCUT2D eigenvalue weighted by Crippen LogP contribution is -2.27. The third-order valence-corrected chi connectivity index (χ3v) is 6.48. The van der Waals surface area contributed by atoms with E-state index in [0.29, 0.717) is 17.2 Å². The summed E-state index contributed by atoms with van der Waals surface area (Å²) in [4.78, 5) is 14.1. The fourth-order valence-corrected chi connectivity index (χ4v) is 4.86. The van der Waals surface area contributed by atoms with Gasteiger partial charge in [-0.05, 0) is 36.4 Å². The zero-order chi connectivity index (χ0) is 20.8. The zero-order valence-corrected chi connectivity index (χ0v) is 18.9. The van der Waals surface area contributed by atoms with Gasteiger partial charge in [0.15, 0.2) is 15.6 Å². The van der Waals surface area contributed by atoms with E-state index in [1.165, 1.54) is 24.7 Å². The maximum atomic E-state index is 12.9. The molecule has 7 heteroatoms. The van der Waals surface area contributed by atoms with E-state index in [4.69, 9.17) is 4.74 Å². The molecule has 0 aliphatic heterocycles. The lowest BCUT2D eigenvalue weighted by molar-refractivity contribution is 0.0897.